The molecule has 3 nitrogen and oxygen atoms in total. The van der Waals surface area contributed by atoms with Crippen LogP contribution in [-0.2, 0) is 10.0 Å². The van der Waals surface area contributed by atoms with Crippen LogP contribution in [0.3, 0.4) is 0 Å². The van der Waals surface area contributed by atoms with Gasteiger partial charge in [0.2, 0.25) is 10.0 Å². The predicted octanol–water partition coefficient (Wildman–Crippen LogP) is 6.39. The molecule has 6 heteroatoms. The van der Waals surface area contributed by atoms with Crippen molar-refractivity contribution in [3.63, 3.8) is 0 Å². The first-order valence-electron chi connectivity index (χ1n) is 10.1. The molecule has 2 atom stereocenters. The van der Waals surface area contributed by atoms with Crippen molar-refractivity contribution in [1.82, 2.24) is 4.31 Å². The molecule has 4 rings (SSSR count). The summed E-state index contributed by atoms with van der Waals surface area (Å²) in [6.45, 7) is 6.74. The normalized spacial score (nSPS) is 21.8. The molecule has 0 N–H and O–H groups in total. The number of fused-ring (bicyclic) bond motifs is 1. The SMILES string of the molecule is CC(C)=C(Cl)C1=C2[C@H](C[C@H]2c2ccc(Br)cc2)CN(S(=O)(=O)c2ccc(C)cc2)C1. The summed E-state index contributed by atoms with van der Waals surface area (Å²) in [5.74, 6) is 0.506. The Balaban J connectivity index is 1.73. The highest BCUT2D eigenvalue weighted by molar-refractivity contribution is 9.10. The van der Waals surface area contributed by atoms with Crippen LogP contribution >= 0.6 is 27.5 Å². The summed E-state index contributed by atoms with van der Waals surface area (Å²) in [5, 5.41) is 0.695. The molecular formula is C24H25BrClNO2S. The number of hydrogen-bond acceptors (Lipinski definition) is 2. The van der Waals surface area contributed by atoms with Crippen molar-refractivity contribution >= 4 is 37.6 Å². The molecule has 0 saturated heterocycles. The first-order valence-corrected chi connectivity index (χ1v) is 12.7. The van der Waals surface area contributed by atoms with E-state index in [0.717, 1.165) is 27.6 Å². The molecule has 2 aromatic rings. The van der Waals surface area contributed by atoms with Crippen LogP contribution in [0.25, 0.3) is 0 Å². The smallest absolute Gasteiger partial charge is 0.207 e. The molecule has 1 saturated carbocycles. The summed E-state index contributed by atoms with van der Waals surface area (Å²) in [6.07, 6.45) is 0.938. The third kappa shape index (κ3) is 3.93. The number of aryl methyl sites for hydroxylation is 1. The zero-order valence-corrected chi connectivity index (χ0v) is 20.5. The van der Waals surface area contributed by atoms with Gasteiger partial charge in [0.05, 0.1) is 4.90 Å². The van der Waals surface area contributed by atoms with Crippen LogP contribution in [0.4, 0.5) is 0 Å². The van der Waals surface area contributed by atoms with Crippen LogP contribution in [0.15, 0.2) is 79.7 Å². The summed E-state index contributed by atoms with van der Waals surface area (Å²) in [7, 11) is -3.57. The Labute approximate surface area is 192 Å². The Morgan fingerprint density at radius 3 is 2.30 bits per heavy atom. The molecule has 0 radical (unpaired) electrons. The van der Waals surface area contributed by atoms with Crippen molar-refractivity contribution in [2.24, 2.45) is 5.92 Å². The number of nitrogens with zero attached hydrogens (tertiary/aromatic N) is 1. The van der Waals surface area contributed by atoms with E-state index >= 15 is 0 Å². The first kappa shape index (κ1) is 21.8. The van der Waals surface area contributed by atoms with Gasteiger partial charge in [0.25, 0.3) is 0 Å². The minimum atomic E-state index is -3.57. The third-order valence-electron chi connectivity index (χ3n) is 6.08. The van der Waals surface area contributed by atoms with Crippen LogP contribution < -0.4 is 0 Å². The van der Waals surface area contributed by atoms with Gasteiger partial charge in [-0.1, -0.05) is 68.5 Å². The molecule has 0 spiro atoms. The minimum absolute atomic E-state index is 0.204. The quantitative estimate of drug-likeness (QED) is 0.481. The lowest BCUT2D eigenvalue weighted by atomic mass is 9.63. The van der Waals surface area contributed by atoms with Gasteiger partial charge in [-0.25, -0.2) is 8.42 Å². The van der Waals surface area contributed by atoms with E-state index in [2.05, 4.69) is 40.2 Å². The topological polar surface area (TPSA) is 37.4 Å². The number of halogens is 2. The van der Waals surface area contributed by atoms with E-state index in [1.165, 1.54) is 11.1 Å². The highest BCUT2D eigenvalue weighted by Gasteiger charge is 2.45. The van der Waals surface area contributed by atoms with Crippen molar-refractivity contribution in [3.8, 4) is 0 Å². The van der Waals surface area contributed by atoms with Crippen molar-refractivity contribution in [2.75, 3.05) is 13.1 Å². The second-order valence-electron chi connectivity index (χ2n) is 8.40. The summed E-state index contributed by atoms with van der Waals surface area (Å²) in [5.41, 5.74) is 5.59. The molecular weight excluding hydrogens is 482 g/mol. The van der Waals surface area contributed by atoms with E-state index < -0.39 is 10.0 Å². The molecule has 0 aromatic heterocycles. The number of sulfonamides is 1. The fraction of sp³-hybridized carbons (Fsp3) is 0.333. The first-order chi connectivity index (χ1) is 14.2. The van der Waals surface area contributed by atoms with Gasteiger partial charge in [-0.05, 0) is 68.5 Å². The Kier molecular flexibility index (Phi) is 6.01. The summed E-state index contributed by atoms with van der Waals surface area (Å²) < 4.78 is 29.3. The summed E-state index contributed by atoms with van der Waals surface area (Å²) in [6, 6.07) is 15.5. The maximum atomic E-state index is 13.3. The van der Waals surface area contributed by atoms with Crippen molar-refractivity contribution in [3.05, 3.63) is 85.9 Å². The molecule has 1 heterocycles. The number of allylic oxidation sites excluding steroid dienone is 1. The summed E-state index contributed by atoms with van der Waals surface area (Å²) in [4.78, 5) is 0.341. The molecule has 1 fully saturated rings. The average molecular weight is 507 g/mol. The minimum Gasteiger partial charge on any atom is -0.207 e. The summed E-state index contributed by atoms with van der Waals surface area (Å²) >= 11 is 10.2. The number of rotatable bonds is 4. The van der Waals surface area contributed by atoms with E-state index in [1.807, 2.05) is 32.9 Å². The van der Waals surface area contributed by atoms with Crippen LogP contribution in [0, 0.1) is 12.8 Å². The lowest BCUT2D eigenvalue weighted by Gasteiger charge is -2.47. The van der Waals surface area contributed by atoms with E-state index in [-0.39, 0.29) is 5.92 Å². The molecule has 1 aliphatic carbocycles. The number of benzene rings is 2. The van der Waals surface area contributed by atoms with Gasteiger partial charge in [-0.3, -0.25) is 0 Å². The van der Waals surface area contributed by atoms with Gasteiger partial charge in [0, 0.05) is 28.5 Å². The Hall–Kier alpha value is -1.40. The molecule has 158 valence electrons. The van der Waals surface area contributed by atoms with Gasteiger partial charge in [0.1, 0.15) is 0 Å². The third-order valence-corrected chi connectivity index (χ3v) is 9.04. The van der Waals surface area contributed by atoms with Gasteiger partial charge < -0.3 is 0 Å². The molecule has 0 amide bonds. The average Bonchev–Trinajstić information content (AvgIpc) is 2.69. The van der Waals surface area contributed by atoms with Gasteiger partial charge >= 0.3 is 0 Å². The Bertz CT molecular complexity index is 1130. The van der Waals surface area contributed by atoms with E-state index in [4.69, 9.17) is 11.6 Å². The van der Waals surface area contributed by atoms with Crippen molar-refractivity contribution < 1.29 is 8.42 Å². The van der Waals surface area contributed by atoms with Crippen molar-refractivity contribution in [2.45, 2.75) is 38.0 Å². The van der Waals surface area contributed by atoms with E-state index in [1.54, 1.807) is 16.4 Å². The van der Waals surface area contributed by atoms with Crippen LogP contribution in [-0.4, -0.2) is 25.8 Å². The molecule has 0 unspecified atom stereocenters. The maximum Gasteiger partial charge on any atom is 0.243 e. The monoisotopic (exact) mass is 505 g/mol. The maximum absolute atomic E-state index is 13.3. The van der Waals surface area contributed by atoms with Gasteiger partial charge in [-0.15, -0.1) is 0 Å². The molecule has 0 bridgehead atoms. The highest BCUT2D eigenvalue weighted by Crippen LogP contribution is 2.53. The zero-order chi connectivity index (χ0) is 21.6. The predicted molar refractivity (Wildman–Crippen MR) is 126 cm³/mol. The standard InChI is InChI=1S/C24H25BrClNO2S/c1-15(2)24(26)22-14-27(30(28,29)20-10-4-16(3)5-11-20)13-18-12-21(23(18)22)17-6-8-19(25)9-7-17/h4-11,18,21H,12-14H2,1-3H3/t18-,21+/m1/s1. The molecule has 1 aliphatic heterocycles. The second kappa shape index (κ2) is 8.27. The highest BCUT2D eigenvalue weighted by atomic mass is 79.9. The van der Waals surface area contributed by atoms with Crippen LogP contribution in [0.1, 0.15) is 37.3 Å². The lowest BCUT2D eigenvalue weighted by molar-refractivity contribution is 0.275. The lowest BCUT2D eigenvalue weighted by Crippen LogP contribution is -2.47. The van der Waals surface area contributed by atoms with Crippen molar-refractivity contribution in [1.29, 1.82) is 0 Å². The fourth-order valence-electron chi connectivity index (χ4n) is 4.42. The van der Waals surface area contributed by atoms with Gasteiger partial charge in [-0.2, -0.15) is 4.31 Å². The zero-order valence-electron chi connectivity index (χ0n) is 17.3. The van der Waals surface area contributed by atoms with Crippen LogP contribution in [0.2, 0.25) is 0 Å². The van der Waals surface area contributed by atoms with Crippen LogP contribution in [0.5, 0.6) is 0 Å². The Morgan fingerprint density at radius 2 is 1.70 bits per heavy atom. The molecule has 2 aromatic carbocycles. The molecule has 2 aliphatic rings. The van der Waals surface area contributed by atoms with E-state index in [9.17, 15) is 8.42 Å². The van der Waals surface area contributed by atoms with Gasteiger partial charge in [0.15, 0.2) is 0 Å². The van der Waals surface area contributed by atoms with E-state index in [0.29, 0.717) is 28.9 Å². The Morgan fingerprint density at radius 1 is 1.07 bits per heavy atom. The fourth-order valence-corrected chi connectivity index (χ4v) is 6.31. The largest absolute Gasteiger partial charge is 0.243 e. The molecule has 30 heavy (non-hydrogen) atoms. The second-order valence-corrected chi connectivity index (χ2v) is 11.6. The number of hydrogen-bond donors (Lipinski definition) is 0.